The normalized spacial score (nSPS) is 11.4. The smallest absolute Gasteiger partial charge is 0.0923 e. The molecule has 0 heterocycles. The molecule has 72 valence electrons. The summed E-state index contributed by atoms with van der Waals surface area (Å²) in [5.74, 6) is 0. The van der Waals surface area contributed by atoms with E-state index in [0.29, 0.717) is 5.25 Å². The maximum absolute atomic E-state index is 8.67. The van der Waals surface area contributed by atoms with Crippen molar-refractivity contribution in [2.75, 3.05) is 0 Å². The lowest BCUT2D eigenvalue weighted by Crippen LogP contribution is -1.88. The predicted molar refractivity (Wildman–Crippen MR) is 62.8 cm³/mol. The zero-order chi connectivity index (χ0) is 10.4. The van der Waals surface area contributed by atoms with Crippen LogP contribution >= 0.6 is 11.8 Å². The van der Waals surface area contributed by atoms with Crippen LogP contribution in [0.3, 0.4) is 0 Å². The lowest BCUT2D eigenvalue weighted by atomic mass is 10.2. The van der Waals surface area contributed by atoms with Crippen LogP contribution in [0.15, 0.2) is 36.4 Å². The molecule has 1 rings (SSSR count). The van der Waals surface area contributed by atoms with Gasteiger partial charge in [-0.15, -0.1) is 11.8 Å². The fourth-order valence-corrected chi connectivity index (χ4v) is 2.00. The molecular formula is C12H13NS. The van der Waals surface area contributed by atoms with Crippen LogP contribution in [0, 0.1) is 11.3 Å². The maximum Gasteiger partial charge on any atom is 0.0923 e. The van der Waals surface area contributed by atoms with Crippen molar-refractivity contribution < 1.29 is 0 Å². The summed E-state index contributed by atoms with van der Waals surface area (Å²) in [5, 5.41) is 9.17. The van der Waals surface area contributed by atoms with Gasteiger partial charge in [-0.1, -0.05) is 44.2 Å². The molecule has 0 bridgehead atoms. The van der Waals surface area contributed by atoms with Gasteiger partial charge in [-0.2, -0.15) is 5.26 Å². The Morgan fingerprint density at radius 1 is 1.36 bits per heavy atom. The molecule has 1 aromatic carbocycles. The first-order valence-electron chi connectivity index (χ1n) is 4.56. The van der Waals surface area contributed by atoms with Crippen LogP contribution < -0.4 is 0 Å². The molecule has 14 heavy (non-hydrogen) atoms. The minimum atomic E-state index is 0.495. The summed E-state index contributed by atoms with van der Waals surface area (Å²) in [4.78, 5) is 1.04. The van der Waals surface area contributed by atoms with Gasteiger partial charge < -0.3 is 0 Å². The minimum absolute atomic E-state index is 0.495. The molecule has 1 nitrogen and oxygen atoms in total. The molecule has 0 aliphatic rings. The van der Waals surface area contributed by atoms with Crippen LogP contribution in [-0.4, -0.2) is 5.25 Å². The van der Waals surface area contributed by atoms with Gasteiger partial charge in [-0.3, -0.25) is 0 Å². The molecular weight excluding hydrogens is 190 g/mol. The average molecular weight is 203 g/mol. The van der Waals surface area contributed by atoms with Gasteiger partial charge >= 0.3 is 0 Å². The Morgan fingerprint density at radius 2 is 2.00 bits per heavy atom. The van der Waals surface area contributed by atoms with E-state index >= 15 is 0 Å². The van der Waals surface area contributed by atoms with Crippen molar-refractivity contribution in [3.8, 4) is 6.07 Å². The first-order chi connectivity index (χ1) is 6.74. The third-order valence-electron chi connectivity index (χ3n) is 1.62. The Bertz CT molecular complexity index is 346. The van der Waals surface area contributed by atoms with E-state index in [1.807, 2.05) is 30.3 Å². The van der Waals surface area contributed by atoms with Crippen LogP contribution in [0.1, 0.15) is 19.4 Å². The van der Waals surface area contributed by atoms with E-state index in [2.05, 4.69) is 19.9 Å². The second-order valence-corrected chi connectivity index (χ2v) is 4.79. The average Bonchev–Trinajstić information content (AvgIpc) is 2.18. The van der Waals surface area contributed by atoms with Crippen molar-refractivity contribution in [2.45, 2.75) is 19.1 Å². The maximum atomic E-state index is 8.67. The van der Waals surface area contributed by atoms with E-state index in [9.17, 15) is 0 Å². The van der Waals surface area contributed by atoms with Crippen LogP contribution in [0.2, 0.25) is 0 Å². The van der Waals surface area contributed by atoms with Crippen molar-refractivity contribution in [3.05, 3.63) is 42.0 Å². The molecule has 0 aromatic heterocycles. The fraction of sp³-hybridized carbons (Fsp3) is 0.250. The molecule has 1 aromatic rings. The summed E-state index contributed by atoms with van der Waals surface area (Å²) >= 11 is 1.72. The molecule has 0 N–H and O–H groups in total. The molecule has 0 radical (unpaired) electrons. The molecule has 0 saturated carbocycles. The van der Waals surface area contributed by atoms with Crippen molar-refractivity contribution in [1.29, 1.82) is 5.26 Å². The van der Waals surface area contributed by atoms with Crippen LogP contribution in [0.25, 0.3) is 4.91 Å². The number of nitriles is 1. The van der Waals surface area contributed by atoms with Crippen molar-refractivity contribution >= 4 is 16.7 Å². The Morgan fingerprint density at radius 3 is 2.50 bits per heavy atom. The third kappa shape index (κ3) is 3.27. The van der Waals surface area contributed by atoms with Crippen molar-refractivity contribution in [3.63, 3.8) is 0 Å². The monoisotopic (exact) mass is 203 g/mol. The molecule has 0 atom stereocenters. The predicted octanol–water partition coefficient (Wildman–Crippen LogP) is 3.69. The number of hydrogen-bond acceptors (Lipinski definition) is 2. The minimum Gasteiger partial charge on any atom is -0.193 e. The summed E-state index contributed by atoms with van der Waals surface area (Å²) in [6, 6.07) is 12.1. The van der Waals surface area contributed by atoms with Crippen LogP contribution in [0.4, 0.5) is 0 Å². The Balaban J connectivity index is 2.91. The molecule has 0 aliphatic carbocycles. The Kier molecular flexibility index (Phi) is 4.28. The Hall–Kier alpha value is -1.20. The standard InChI is InChI=1S/C12H13NS/c1-10(2)14-12(8-9-13)11-6-4-3-5-7-11/h3-8,10H,1-2H3/b12-8+. The van der Waals surface area contributed by atoms with Gasteiger partial charge in [-0.05, 0) is 5.56 Å². The van der Waals surface area contributed by atoms with Gasteiger partial charge in [0.2, 0.25) is 0 Å². The van der Waals surface area contributed by atoms with Crippen LogP contribution in [-0.2, 0) is 0 Å². The van der Waals surface area contributed by atoms with Gasteiger partial charge in [-0.25, -0.2) is 0 Å². The topological polar surface area (TPSA) is 23.8 Å². The molecule has 0 unspecified atom stereocenters. The second kappa shape index (κ2) is 5.51. The Labute approximate surface area is 89.4 Å². The first-order valence-corrected chi connectivity index (χ1v) is 5.44. The van der Waals surface area contributed by atoms with E-state index < -0.39 is 0 Å². The summed E-state index contributed by atoms with van der Waals surface area (Å²) in [7, 11) is 0. The highest BCUT2D eigenvalue weighted by molar-refractivity contribution is 8.08. The summed E-state index contributed by atoms with van der Waals surface area (Å²) < 4.78 is 0. The molecule has 2 heteroatoms. The molecule has 0 fully saturated rings. The quantitative estimate of drug-likeness (QED) is 0.699. The number of benzene rings is 1. The van der Waals surface area contributed by atoms with Crippen LogP contribution in [0.5, 0.6) is 0 Å². The molecule has 0 spiro atoms. The highest BCUT2D eigenvalue weighted by Gasteiger charge is 2.03. The first kappa shape index (κ1) is 10.9. The fourth-order valence-electron chi connectivity index (χ4n) is 1.10. The summed E-state index contributed by atoms with van der Waals surface area (Å²) in [5.41, 5.74) is 1.12. The van der Waals surface area contributed by atoms with E-state index in [1.54, 1.807) is 17.8 Å². The van der Waals surface area contributed by atoms with Crippen molar-refractivity contribution in [2.24, 2.45) is 0 Å². The SMILES string of the molecule is CC(C)S/C(=C/C#N)c1ccccc1. The lowest BCUT2D eigenvalue weighted by molar-refractivity contribution is 1.12. The van der Waals surface area contributed by atoms with Gasteiger partial charge in [0.25, 0.3) is 0 Å². The zero-order valence-corrected chi connectivity index (χ0v) is 9.21. The van der Waals surface area contributed by atoms with Gasteiger partial charge in [0.1, 0.15) is 0 Å². The largest absolute Gasteiger partial charge is 0.193 e. The number of thioether (sulfide) groups is 1. The van der Waals surface area contributed by atoms with E-state index in [1.165, 1.54) is 0 Å². The van der Waals surface area contributed by atoms with Gasteiger partial charge in [0, 0.05) is 16.2 Å². The zero-order valence-electron chi connectivity index (χ0n) is 8.40. The van der Waals surface area contributed by atoms with Gasteiger partial charge in [0.05, 0.1) is 6.07 Å². The van der Waals surface area contributed by atoms with E-state index in [-0.39, 0.29) is 0 Å². The molecule has 0 aliphatic heterocycles. The number of hydrogen-bond donors (Lipinski definition) is 0. The van der Waals surface area contributed by atoms with E-state index in [4.69, 9.17) is 5.26 Å². The second-order valence-electron chi connectivity index (χ2n) is 3.17. The number of rotatable bonds is 3. The number of allylic oxidation sites excluding steroid dienone is 1. The summed E-state index contributed by atoms with van der Waals surface area (Å²) in [6.07, 6.45) is 1.61. The molecule has 0 amide bonds. The lowest BCUT2D eigenvalue weighted by Gasteiger charge is -2.08. The van der Waals surface area contributed by atoms with Gasteiger partial charge in [0.15, 0.2) is 0 Å². The van der Waals surface area contributed by atoms with E-state index in [0.717, 1.165) is 10.5 Å². The molecule has 0 saturated heterocycles. The number of nitrogens with zero attached hydrogens (tertiary/aromatic N) is 1. The summed E-state index contributed by atoms with van der Waals surface area (Å²) in [6.45, 7) is 4.25. The van der Waals surface area contributed by atoms with Crippen molar-refractivity contribution in [1.82, 2.24) is 0 Å². The highest BCUT2D eigenvalue weighted by atomic mass is 32.2. The highest BCUT2D eigenvalue weighted by Crippen LogP contribution is 2.30. The third-order valence-corrected chi connectivity index (χ3v) is 2.70.